The predicted molar refractivity (Wildman–Crippen MR) is 62.3 cm³/mol. The Bertz CT molecular complexity index is 354. The molecule has 0 radical (unpaired) electrons. The van der Waals surface area contributed by atoms with Crippen molar-refractivity contribution in [3.05, 3.63) is 23.8 Å². The monoisotopic (exact) mass is 242 g/mol. The number of hydrogen-bond donors (Lipinski definition) is 1. The molecule has 88 valence electrons. The lowest BCUT2D eigenvalue weighted by Crippen LogP contribution is -2.00. The van der Waals surface area contributed by atoms with Gasteiger partial charge >= 0.3 is 0 Å². The van der Waals surface area contributed by atoms with Crippen LogP contribution in [0.25, 0.3) is 0 Å². The molecule has 0 saturated carbocycles. The van der Waals surface area contributed by atoms with E-state index >= 15 is 0 Å². The van der Waals surface area contributed by atoms with E-state index in [2.05, 4.69) is 0 Å². The summed E-state index contributed by atoms with van der Waals surface area (Å²) in [5.74, 6) is 1.90. The fraction of sp³-hybridized carbons (Fsp3) is 0.500. The van der Waals surface area contributed by atoms with E-state index in [0.29, 0.717) is 31.3 Å². The van der Waals surface area contributed by atoms with Crippen molar-refractivity contribution in [3.8, 4) is 11.5 Å². The van der Waals surface area contributed by atoms with E-state index in [-0.39, 0.29) is 0 Å². The molecule has 4 heteroatoms. The van der Waals surface area contributed by atoms with Crippen LogP contribution < -0.4 is 9.47 Å². The summed E-state index contributed by atoms with van der Waals surface area (Å²) in [6.07, 6.45) is 0.893. The van der Waals surface area contributed by atoms with Crippen LogP contribution in [0.4, 0.5) is 0 Å². The average Bonchev–Trinajstić information content (AvgIpc) is 2.53. The van der Waals surface area contributed by atoms with Crippen LogP contribution >= 0.6 is 11.6 Å². The van der Waals surface area contributed by atoms with Gasteiger partial charge in [0, 0.05) is 12.3 Å². The zero-order valence-corrected chi connectivity index (χ0v) is 9.74. The van der Waals surface area contributed by atoms with Crippen molar-refractivity contribution in [1.29, 1.82) is 0 Å². The first-order chi connectivity index (χ1) is 7.81. The molecule has 0 bridgehead atoms. The molecule has 1 aliphatic rings. The lowest BCUT2D eigenvalue weighted by atomic mass is 10.1. The summed E-state index contributed by atoms with van der Waals surface area (Å²) < 4.78 is 11.1. The highest BCUT2D eigenvalue weighted by atomic mass is 35.5. The first kappa shape index (κ1) is 11.6. The second-order valence-corrected chi connectivity index (χ2v) is 4.13. The minimum absolute atomic E-state index is 0.440. The number of alkyl halides is 1. The molecule has 1 unspecified atom stereocenters. The SMILES string of the molecule is OC(CCCl)c1ccc2c(c1)OCCCO2. The fourth-order valence-electron chi connectivity index (χ4n) is 1.66. The summed E-state index contributed by atoms with van der Waals surface area (Å²) in [6, 6.07) is 5.52. The Hall–Kier alpha value is -0.930. The Balaban J connectivity index is 2.20. The molecule has 16 heavy (non-hydrogen) atoms. The van der Waals surface area contributed by atoms with E-state index in [1.54, 1.807) is 0 Å². The summed E-state index contributed by atoms with van der Waals surface area (Å²) in [5, 5.41) is 9.81. The van der Waals surface area contributed by atoms with Crippen LogP contribution in [0, 0.1) is 0 Å². The largest absolute Gasteiger partial charge is 0.490 e. The van der Waals surface area contributed by atoms with E-state index in [9.17, 15) is 5.11 Å². The molecule has 0 saturated heterocycles. The summed E-state index contributed by atoms with van der Waals surface area (Å²) in [7, 11) is 0. The van der Waals surface area contributed by atoms with E-state index < -0.39 is 6.10 Å². The van der Waals surface area contributed by atoms with Crippen molar-refractivity contribution in [1.82, 2.24) is 0 Å². The average molecular weight is 243 g/mol. The van der Waals surface area contributed by atoms with Gasteiger partial charge in [-0.05, 0) is 24.1 Å². The van der Waals surface area contributed by atoms with Gasteiger partial charge < -0.3 is 14.6 Å². The van der Waals surface area contributed by atoms with Gasteiger partial charge in [-0.15, -0.1) is 11.6 Å². The van der Waals surface area contributed by atoms with Gasteiger partial charge in [0.2, 0.25) is 0 Å². The maximum absolute atomic E-state index is 9.81. The summed E-state index contributed by atoms with van der Waals surface area (Å²) >= 11 is 5.60. The molecule has 0 aromatic heterocycles. The van der Waals surface area contributed by atoms with Gasteiger partial charge in [-0.25, -0.2) is 0 Å². The highest BCUT2D eigenvalue weighted by Gasteiger charge is 2.14. The van der Waals surface area contributed by atoms with Gasteiger partial charge in [0.1, 0.15) is 0 Å². The molecule has 3 nitrogen and oxygen atoms in total. The lowest BCUT2D eigenvalue weighted by molar-refractivity contribution is 0.174. The number of rotatable bonds is 3. The third-order valence-corrected chi connectivity index (χ3v) is 2.76. The first-order valence-electron chi connectivity index (χ1n) is 5.45. The second-order valence-electron chi connectivity index (χ2n) is 3.75. The van der Waals surface area contributed by atoms with Crippen LogP contribution in [0.5, 0.6) is 11.5 Å². The Kier molecular flexibility index (Phi) is 3.91. The second kappa shape index (κ2) is 5.41. The zero-order chi connectivity index (χ0) is 11.4. The third kappa shape index (κ3) is 2.60. The molecular formula is C12H15ClO3. The number of aliphatic hydroxyl groups excluding tert-OH is 1. The van der Waals surface area contributed by atoms with Crippen molar-refractivity contribution in [2.75, 3.05) is 19.1 Å². The molecule has 1 N–H and O–H groups in total. The molecule has 0 fully saturated rings. The number of benzene rings is 1. The van der Waals surface area contributed by atoms with Gasteiger partial charge in [0.05, 0.1) is 19.3 Å². The van der Waals surface area contributed by atoms with Crippen molar-refractivity contribution >= 4 is 11.6 Å². The Morgan fingerprint density at radius 3 is 2.75 bits per heavy atom. The molecular weight excluding hydrogens is 228 g/mol. The van der Waals surface area contributed by atoms with Crippen LogP contribution in [-0.4, -0.2) is 24.2 Å². The topological polar surface area (TPSA) is 38.7 Å². The van der Waals surface area contributed by atoms with Crippen LogP contribution in [0.2, 0.25) is 0 Å². The van der Waals surface area contributed by atoms with Gasteiger partial charge in [-0.3, -0.25) is 0 Å². The summed E-state index contributed by atoms with van der Waals surface area (Å²) in [4.78, 5) is 0. The first-order valence-corrected chi connectivity index (χ1v) is 5.98. The highest BCUT2D eigenvalue weighted by molar-refractivity contribution is 6.17. The molecule has 1 aromatic rings. The van der Waals surface area contributed by atoms with Gasteiger partial charge in [-0.1, -0.05) is 6.07 Å². The molecule has 0 aliphatic carbocycles. The maximum Gasteiger partial charge on any atom is 0.161 e. The minimum atomic E-state index is -0.533. The predicted octanol–water partition coefficient (Wildman–Crippen LogP) is 2.51. The van der Waals surface area contributed by atoms with Gasteiger partial charge in [0.15, 0.2) is 11.5 Å². The third-order valence-electron chi connectivity index (χ3n) is 2.54. The van der Waals surface area contributed by atoms with Crippen molar-refractivity contribution < 1.29 is 14.6 Å². The number of halogens is 1. The lowest BCUT2D eigenvalue weighted by Gasteiger charge is -2.12. The minimum Gasteiger partial charge on any atom is -0.490 e. The summed E-state index contributed by atoms with van der Waals surface area (Å²) in [5.41, 5.74) is 0.824. The van der Waals surface area contributed by atoms with E-state index in [1.165, 1.54) is 0 Å². The molecule has 0 amide bonds. The van der Waals surface area contributed by atoms with Crippen molar-refractivity contribution in [2.24, 2.45) is 0 Å². The molecule has 1 aromatic carbocycles. The van der Waals surface area contributed by atoms with Crippen molar-refractivity contribution in [3.63, 3.8) is 0 Å². The Morgan fingerprint density at radius 2 is 2.00 bits per heavy atom. The normalized spacial score (nSPS) is 16.6. The quantitative estimate of drug-likeness (QED) is 0.828. The van der Waals surface area contributed by atoms with Gasteiger partial charge in [-0.2, -0.15) is 0 Å². The highest BCUT2D eigenvalue weighted by Crippen LogP contribution is 2.32. The number of ether oxygens (including phenoxy) is 2. The number of aliphatic hydroxyl groups is 1. The molecule has 1 aliphatic heterocycles. The number of hydrogen-bond acceptors (Lipinski definition) is 3. The van der Waals surface area contributed by atoms with Crippen LogP contribution in [0.15, 0.2) is 18.2 Å². The molecule has 1 heterocycles. The Morgan fingerprint density at radius 1 is 1.25 bits per heavy atom. The standard InChI is InChI=1S/C12H15ClO3/c13-5-4-10(14)9-2-3-11-12(8-9)16-7-1-6-15-11/h2-3,8,10,14H,1,4-7H2. The maximum atomic E-state index is 9.81. The zero-order valence-electron chi connectivity index (χ0n) is 8.99. The fourth-order valence-corrected chi connectivity index (χ4v) is 1.86. The van der Waals surface area contributed by atoms with Crippen molar-refractivity contribution in [2.45, 2.75) is 18.9 Å². The van der Waals surface area contributed by atoms with E-state index in [1.807, 2.05) is 18.2 Å². The number of fused-ring (bicyclic) bond motifs is 1. The molecule has 2 rings (SSSR count). The van der Waals surface area contributed by atoms with E-state index in [0.717, 1.165) is 17.7 Å². The van der Waals surface area contributed by atoms with Crippen LogP contribution in [-0.2, 0) is 0 Å². The summed E-state index contributed by atoms with van der Waals surface area (Å²) in [6.45, 7) is 1.33. The van der Waals surface area contributed by atoms with Crippen LogP contribution in [0.1, 0.15) is 24.5 Å². The smallest absolute Gasteiger partial charge is 0.161 e. The Labute approximate surface area is 99.9 Å². The van der Waals surface area contributed by atoms with Crippen LogP contribution in [0.3, 0.4) is 0 Å². The van der Waals surface area contributed by atoms with Gasteiger partial charge in [0.25, 0.3) is 0 Å². The van der Waals surface area contributed by atoms with E-state index in [4.69, 9.17) is 21.1 Å². The molecule has 0 spiro atoms. The molecule has 1 atom stereocenters.